The number of hydrogen-bond acceptors (Lipinski definition) is 17. The van der Waals surface area contributed by atoms with Crippen LogP contribution in [-0.2, 0) is 38.8 Å². The van der Waals surface area contributed by atoms with Crippen molar-refractivity contribution in [3.8, 4) is 0 Å². The normalized spacial score (nSPS) is 15.2. The Hall–Kier alpha value is -9.73. The number of amides is 2. The van der Waals surface area contributed by atoms with Gasteiger partial charge in [0.1, 0.15) is 37.8 Å². The molecule has 2 aliphatic heterocycles. The number of hydrogen-bond donors (Lipinski definition) is 2. The number of nitrogens with two attached hydrogens (primary N) is 1. The zero-order valence-electron chi connectivity index (χ0n) is 48.7. The van der Waals surface area contributed by atoms with E-state index >= 15 is 14.4 Å². The SMILES string of the molecule is COC(C)(C)ON=C(C(=O)N[C@@H]1C(=O)N2C(C(=O)OC(c3ccccc3)c3ccccc3)=C(CSc3cc(C)nc4nc(C(=O)OC(c5ccccc5)c5ccccc5)nn34)CS[C@H]12)c1nc(C(c2ccccc2)(c2ccccc2)c2ccccc2)sc1N. The lowest BCUT2D eigenvalue weighted by molar-refractivity contribution is -0.197. The van der Waals surface area contributed by atoms with Crippen molar-refractivity contribution in [2.45, 2.75) is 60.6 Å². The molecule has 0 aliphatic carbocycles. The number of β-lactam (4-membered cyclic amide) rings is 1. The van der Waals surface area contributed by atoms with E-state index in [0.29, 0.717) is 32.4 Å². The summed E-state index contributed by atoms with van der Waals surface area (Å²) in [6.07, 6.45) is -1.61. The molecule has 7 aromatic carbocycles. The van der Waals surface area contributed by atoms with E-state index in [9.17, 15) is 4.79 Å². The number of carbonyl (C=O) groups is 4. The molecule has 0 bridgehead atoms. The number of oxime groups is 1. The number of rotatable bonds is 21. The van der Waals surface area contributed by atoms with E-state index in [0.717, 1.165) is 27.8 Å². The second-order valence-electron chi connectivity index (χ2n) is 21.4. The maximum atomic E-state index is 15.3. The van der Waals surface area contributed by atoms with Gasteiger partial charge in [0, 0.05) is 38.2 Å². The third-order valence-corrected chi connectivity index (χ3v) is 18.7. The highest BCUT2D eigenvalue weighted by Gasteiger charge is 2.55. The van der Waals surface area contributed by atoms with Gasteiger partial charge in [-0.1, -0.05) is 229 Å². The van der Waals surface area contributed by atoms with Gasteiger partial charge in [0.15, 0.2) is 17.9 Å². The Kier molecular flexibility index (Phi) is 17.4. The standard InChI is InChI=1S/C69H59N9O8S3/c1-43-40-52(78-67(71-43)74-60(75-78)65(82)85-58(46-30-16-7-17-31-46)47-32-18-8-19-33-47)87-41-48-42-88-63-55(62(80)77(63)56(48)64(81)84-57(44-26-12-5-13-27-44)45-28-14-6-15-29-45)72-61(79)54(76-86-68(2,3)83-4)53-59(70)89-66(73-53)69(49-34-20-9-21-35-49,50-36-22-10-23-37-50)51-38-24-11-25-39-51/h5-40,55,57-58,63H,41-42,70H2,1-4H3,(H,72,79)/t55-,63-/m1/s1. The summed E-state index contributed by atoms with van der Waals surface area (Å²) >= 11 is 3.88. The minimum atomic E-state index is -1.31. The topological polar surface area (TPSA) is 215 Å². The number of aryl methyl sites for hydroxylation is 1. The number of esters is 2. The number of nitrogen functional groups attached to an aromatic ring is 1. The van der Waals surface area contributed by atoms with Crippen LogP contribution in [0.4, 0.5) is 5.00 Å². The summed E-state index contributed by atoms with van der Waals surface area (Å²) in [5, 5.41) is 12.5. The minimum absolute atomic E-state index is 0.0258. The van der Waals surface area contributed by atoms with Gasteiger partial charge < -0.3 is 30.1 Å². The molecule has 3 aromatic heterocycles. The predicted octanol–water partition coefficient (Wildman–Crippen LogP) is 11.7. The summed E-state index contributed by atoms with van der Waals surface area (Å²) in [7, 11) is 1.45. The lowest BCUT2D eigenvalue weighted by atomic mass is 9.70. The zero-order chi connectivity index (χ0) is 61.7. The Morgan fingerprint density at radius 3 is 1.64 bits per heavy atom. The van der Waals surface area contributed by atoms with Crippen LogP contribution >= 0.6 is 34.9 Å². The number of benzene rings is 7. The zero-order valence-corrected chi connectivity index (χ0v) is 51.2. The first-order valence-electron chi connectivity index (χ1n) is 28.5. The van der Waals surface area contributed by atoms with E-state index in [-0.39, 0.29) is 45.2 Å². The molecule has 0 radical (unpaired) electrons. The van der Waals surface area contributed by atoms with Gasteiger partial charge in [-0.15, -0.1) is 28.6 Å². The summed E-state index contributed by atoms with van der Waals surface area (Å²) < 4.78 is 19.7. The molecule has 10 aromatic rings. The Bertz CT molecular complexity index is 4080. The molecule has 2 aliphatic rings. The van der Waals surface area contributed by atoms with E-state index in [1.165, 1.54) is 51.4 Å². The summed E-state index contributed by atoms with van der Waals surface area (Å²) in [5.41, 5.74) is 12.5. The maximum absolute atomic E-state index is 15.3. The van der Waals surface area contributed by atoms with Gasteiger partial charge in [-0.2, -0.15) is 9.50 Å². The fraction of sp³-hybridized carbons (Fsp3) is 0.174. The van der Waals surface area contributed by atoms with Crippen molar-refractivity contribution in [2.24, 2.45) is 5.16 Å². The van der Waals surface area contributed by atoms with Crippen LogP contribution in [0, 0.1) is 6.92 Å². The number of nitrogens with zero attached hydrogens (tertiary/aromatic N) is 7. The molecule has 12 rings (SSSR count). The van der Waals surface area contributed by atoms with Crippen LogP contribution in [0.5, 0.6) is 0 Å². The molecule has 17 nitrogen and oxygen atoms in total. The van der Waals surface area contributed by atoms with Crippen molar-refractivity contribution in [2.75, 3.05) is 24.3 Å². The van der Waals surface area contributed by atoms with Crippen molar-refractivity contribution < 1.29 is 38.2 Å². The van der Waals surface area contributed by atoms with Crippen LogP contribution in [0.3, 0.4) is 0 Å². The third kappa shape index (κ3) is 12.2. The number of carbonyl (C=O) groups excluding carboxylic acids is 4. The first-order valence-corrected chi connectivity index (χ1v) is 31.4. The second-order valence-corrected chi connectivity index (χ2v) is 24.5. The van der Waals surface area contributed by atoms with E-state index < -0.39 is 58.6 Å². The van der Waals surface area contributed by atoms with E-state index in [1.54, 1.807) is 26.8 Å². The summed E-state index contributed by atoms with van der Waals surface area (Å²) in [6.45, 7) is 5.07. The quantitative estimate of drug-likeness (QED) is 0.0100. The van der Waals surface area contributed by atoms with Gasteiger partial charge in [-0.05, 0) is 57.5 Å². The average molecular weight is 1240 g/mol. The largest absolute Gasteiger partial charge is 0.448 e. The molecule has 20 heteroatoms. The first kappa shape index (κ1) is 59.6. The van der Waals surface area contributed by atoms with Gasteiger partial charge in [-0.25, -0.2) is 19.6 Å². The maximum Gasteiger partial charge on any atom is 0.379 e. The van der Waals surface area contributed by atoms with Gasteiger partial charge in [0.05, 0.1) is 5.41 Å². The van der Waals surface area contributed by atoms with Crippen LogP contribution in [0.1, 0.15) is 92.0 Å². The Balaban J connectivity index is 0.876. The predicted molar refractivity (Wildman–Crippen MR) is 343 cm³/mol. The third-order valence-electron chi connectivity index (χ3n) is 15.3. The lowest BCUT2D eigenvalue weighted by Gasteiger charge is -2.49. The van der Waals surface area contributed by atoms with Gasteiger partial charge >= 0.3 is 11.9 Å². The number of thiazole rings is 1. The summed E-state index contributed by atoms with van der Waals surface area (Å²) in [6, 6.07) is 68.0. The van der Waals surface area contributed by atoms with Crippen LogP contribution < -0.4 is 11.1 Å². The highest BCUT2D eigenvalue weighted by Crippen LogP contribution is 2.48. The number of fused-ring (bicyclic) bond motifs is 2. The number of aromatic nitrogens is 5. The average Bonchev–Trinajstić information content (AvgIpc) is 1.79. The molecule has 2 amide bonds. The van der Waals surface area contributed by atoms with Crippen molar-refractivity contribution in [3.63, 3.8) is 0 Å². The van der Waals surface area contributed by atoms with Crippen LogP contribution in [0.2, 0.25) is 0 Å². The van der Waals surface area contributed by atoms with Crippen molar-refractivity contribution >= 4 is 75.1 Å². The smallest absolute Gasteiger partial charge is 0.379 e. The molecule has 2 atom stereocenters. The molecule has 89 heavy (non-hydrogen) atoms. The van der Waals surface area contributed by atoms with E-state index in [1.807, 2.05) is 212 Å². The number of anilines is 1. The molecule has 0 spiro atoms. The van der Waals surface area contributed by atoms with Gasteiger partial charge in [0.2, 0.25) is 5.79 Å². The van der Waals surface area contributed by atoms with Crippen LogP contribution in [0.25, 0.3) is 5.78 Å². The number of ether oxygens (including phenoxy) is 3. The van der Waals surface area contributed by atoms with Gasteiger partial charge in [0.25, 0.3) is 23.4 Å². The molecule has 0 unspecified atom stereocenters. The second kappa shape index (κ2) is 25.9. The lowest BCUT2D eigenvalue weighted by Crippen LogP contribution is -2.71. The number of nitrogens with one attached hydrogen (secondary N) is 1. The molecular formula is C69H59N9O8S3. The molecule has 1 fully saturated rings. The van der Waals surface area contributed by atoms with E-state index in [2.05, 4.69) is 25.5 Å². The monoisotopic (exact) mass is 1240 g/mol. The van der Waals surface area contributed by atoms with Crippen LogP contribution in [0.15, 0.2) is 240 Å². The molecule has 0 saturated carbocycles. The van der Waals surface area contributed by atoms with Crippen molar-refractivity contribution in [1.29, 1.82) is 0 Å². The van der Waals surface area contributed by atoms with Gasteiger partial charge in [-0.3, -0.25) is 14.5 Å². The first-order chi connectivity index (χ1) is 43.3. The van der Waals surface area contributed by atoms with Crippen molar-refractivity contribution in [1.82, 2.24) is 34.8 Å². The summed E-state index contributed by atoms with van der Waals surface area (Å²) in [5.74, 6) is -3.87. The molecule has 3 N–H and O–H groups in total. The van der Waals surface area contributed by atoms with Crippen molar-refractivity contribution in [3.05, 3.63) is 291 Å². The Morgan fingerprint density at radius 1 is 0.685 bits per heavy atom. The molecule has 5 heterocycles. The minimum Gasteiger partial charge on any atom is -0.448 e. The highest BCUT2D eigenvalue weighted by atomic mass is 32.2. The number of thioether (sulfide) groups is 2. The molecule has 1 saturated heterocycles. The fourth-order valence-corrected chi connectivity index (χ4v) is 14.4. The Labute approximate surface area is 526 Å². The fourth-order valence-electron chi connectivity index (χ4n) is 10.8. The summed E-state index contributed by atoms with van der Waals surface area (Å²) in [4.78, 5) is 81.2. The van der Waals surface area contributed by atoms with Crippen LogP contribution in [-0.4, -0.2) is 94.7 Å². The molecular weight excluding hydrogens is 1180 g/mol. The highest BCUT2D eigenvalue weighted by molar-refractivity contribution is 8.01. The Morgan fingerprint density at radius 2 is 1.16 bits per heavy atom. The van der Waals surface area contributed by atoms with E-state index in [4.69, 9.17) is 29.8 Å². The molecule has 446 valence electrons. The number of methoxy groups -OCH3 is 1.